The van der Waals surface area contributed by atoms with Crippen molar-refractivity contribution in [3.8, 4) is 0 Å². The molecule has 0 atom stereocenters. The molecule has 0 aliphatic carbocycles. The lowest BCUT2D eigenvalue weighted by Gasteiger charge is -2.22. The summed E-state index contributed by atoms with van der Waals surface area (Å²) in [6.45, 7) is 8.51. The second-order valence-electron chi connectivity index (χ2n) is 6.22. The summed E-state index contributed by atoms with van der Waals surface area (Å²) >= 11 is 0. The van der Waals surface area contributed by atoms with E-state index in [1.54, 1.807) is 0 Å². The molecule has 1 fully saturated rings. The van der Waals surface area contributed by atoms with Crippen LogP contribution in [0.4, 0.5) is 0 Å². The SMILES string of the molecule is CC(C)(C)c1ccc(C(=O)C2CCNCC2)cc1.Cl. The van der Waals surface area contributed by atoms with Crippen LogP contribution in [0, 0.1) is 5.92 Å². The molecule has 3 heteroatoms. The number of benzene rings is 1. The normalized spacial score (nSPS) is 16.8. The van der Waals surface area contributed by atoms with Crippen LogP contribution in [-0.2, 0) is 5.41 Å². The monoisotopic (exact) mass is 281 g/mol. The molecule has 1 N–H and O–H groups in total. The molecule has 1 aromatic carbocycles. The predicted octanol–water partition coefficient (Wildman–Crippen LogP) is 3.59. The Morgan fingerprint density at radius 1 is 1.11 bits per heavy atom. The summed E-state index contributed by atoms with van der Waals surface area (Å²) in [7, 11) is 0. The van der Waals surface area contributed by atoms with Gasteiger partial charge >= 0.3 is 0 Å². The maximum atomic E-state index is 12.3. The second-order valence-corrected chi connectivity index (χ2v) is 6.22. The Balaban J connectivity index is 0.00000180. The Morgan fingerprint density at radius 3 is 2.11 bits per heavy atom. The highest BCUT2D eigenvalue weighted by Crippen LogP contribution is 2.24. The molecule has 1 saturated heterocycles. The number of hydrogen-bond donors (Lipinski definition) is 1. The van der Waals surface area contributed by atoms with Gasteiger partial charge in [-0.2, -0.15) is 0 Å². The largest absolute Gasteiger partial charge is 0.317 e. The van der Waals surface area contributed by atoms with Gasteiger partial charge in [0.1, 0.15) is 0 Å². The van der Waals surface area contributed by atoms with Crippen LogP contribution in [-0.4, -0.2) is 18.9 Å². The third-order valence-electron chi connectivity index (χ3n) is 3.75. The molecule has 0 saturated carbocycles. The zero-order valence-electron chi connectivity index (χ0n) is 12.0. The van der Waals surface area contributed by atoms with Gasteiger partial charge in [0.25, 0.3) is 0 Å². The van der Waals surface area contributed by atoms with E-state index in [1.807, 2.05) is 12.1 Å². The lowest BCUT2D eigenvalue weighted by atomic mass is 9.85. The first-order valence-corrected chi connectivity index (χ1v) is 6.84. The molecule has 0 spiro atoms. The maximum Gasteiger partial charge on any atom is 0.166 e. The zero-order chi connectivity index (χ0) is 13.2. The summed E-state index contributed by atoms with van der Waals surface area (Å²) in [5, 5.41) is 3.30. The molecule has 1 aliphatic rings. The van der Waals surface area contributed by atoms with Gasteiger partial charge in [-0.1, -0.05) is 45.0 Å². The molecule has 0 unspecified atom stereocenters. The third-order valence-corrected chi connectivity index (χ3v) is 3.75. The summed E-state index contributed by atoms with van der Waals surface area (Å²) < 4.78 is 0. The lowest BCUT2D eigenvalue weighted by molar-refractivity contribution is 0.0895. The smallest absolute Gasteiger partial charge is 0.166 e. The number of carbonyl (C=O) groups is 1. The van der Waals surface area contributed by atoms with Crippen LogP contribution in [0.3, 0.4) is 0 Å². The highest BCUT2D eigenvalue weighted by Gasteiger charge is 2.22. The van der Waals surface area contributed by atoms with Crippen LogP contribution >= 0.6 is 12.4 Å². The summed E-state index contributed by atoms with van der Waals surface area (Å²) in [6, 6.07) is 8.17. The molecule has 1 aliphatic heterocycles. The molecule has 0 aromatic heterocycles. The first-order valence-electron chi connectivity index (χ1n) is 6.84. The maximum absolute atomic E-state index is 12.3. The van der Waals surface area contributed by atoms with Crippen molar-refractivity contribution in [3.05, 3.63) is 35.4 Å². The van der Waals surface area contributed by atoms with Crippen LogP contribution in [0.2, 0.25) is 0 Å². The standard InChI is InChI=1S/C16H23NO.ClH/c1-16(2,3)14-6-4-12(5-7-14)15(18)13-8-10-17-11-9-13;/h4-7,13,17H,8-11H2,1-3H3;1H. The molecule has 0 bridgehead atoms. The first-order chi connectivity index (χ1) is 8.48. The van der Waals surface area contributed by atoms with E-state index in [4.69, 9.17) is 0 Å². The van der Waals surface area contributed by atoms with E-state index in [9.17, 15) is 4.79 Å². The fraction of sp³-hybridized carbons (Fsp3) is 0.562. The van der Waals surface area contributed by atoms with Crippen molar-refractivity contribution in [1.82, 2.24) is 5.32 Å². The fourth-order valence-corrected chi connectivity index (χ4v) is 2.45. The molecule has 1 heterocycles. The Labute approximate surface area is 122 Å². The van der Waals surface area contributed by atoms with Gasteiger partial charge in [-0.25, -0.2) is 0 Å². The Kier molecular flexibility index (Phi) is 5.57. The molecule has 106 valence electrons. The van der Waals surface area contributed by atoms with Crippen LogP contribution in [0.25, 0.3) is 0 Å². The number of ketones is 1. The summed E-state index contributed by atoms with van der Waals surface area (Å²) in [4.78, 5) is 12.3. The van der Waals surface area contributed by atoms with Crippen LogP contribution in [0.15, 0.2) is 24.3 Å². The Bertz CT molecular complexity index is 413. The lowest BCUT2D eigenvalue weighted by Crippen LogP contribution is -2.31. The first kappa shape index (κ1) is 16.2. The van der Waals surface area contributed by atoms with Crippen molar-refractivity contribution in [3.63, 3.8) is 0 Å². The molecule has 0 radical (unpaired) electrons. The summed E-state index contributed by atoms with van der Waals surface area (Å²) in [5.74, 6) is 0.531. The number of Topliss-reactive ketones (excluding diaryl/α,β-unsaturated/α-hetero) is 1. The minimum absolute atomic E-state index is 0. The number of rotatable bonds is 2. The number of hydrogen-bond acceptors (Lipinski definition) is 2. The summed E-state index contributed by atoms with van der Waals surface area (Å²) in [5.41, 5.74) is 2.30. The molecule has 1 aromatic rings. The number of piperidine rings is 1. The number of nitrogens with one attached hydrogen (secondary N) is 1. The Morgan fingerprint density at radius 2 is 1.63 bits per heavy atom. The van der Waals surface area contributed by atoms with E-state index in [0.29, 0.717) is 5.78 Å². The minimum Gasteiger partial charge on any atom is -0.317 e. The highest BCUT2D eigenvalue weighted by atomic mass is 35.5. The third kappa shape index (κ3) is 4.05. The van der Waals surface area contributed by atoms with Crippen molar-refractivity contribution in [2.75, 3.05) is 13.1 Å². The van der Waals surface area contributed by atoms with Crippen LogP contribution < -0.4 is 5.32 Å². The topological polar surface area (TPSA) is 29.1 Å². The van der Waals surface area contributed by atoms with Crippen LogP contribution in [0.5, 0.6) is 0 Å². The zero-order valence-corrected chi connectivity index (χ0v) is 12.8. The minimum atomic E-state index is 0. The molecule has 2 nitrogen and oxygen atoms in total. The van der Waals surface area contributed by atoms with Gasteiger partial charge < -0.3 is 5.32 Å². The van der Waals surface area contributed by atoms with Gasteiger partial charge in [-0.05, 0) is 36.9 Å². The van der Waals surface area contributed by atoms with Gasteiger partial charge in [0.05, 0.1) is 0 Å². The number of halogens is 1. The average molecular weight is 282 g/mol. The van der Waals surface area contributed by atoms with Crippen LogP contribution in [0.1, 0.15) is 49.5 Å². The predicted molar refractivity (Wildman–Crippen MR) is 82.3 cm³/mol. The van der Waals surface area contributed by atoms with Gasteiger partial charge in [0.15, 0.2) is 5.78 Å². The van der Waals surface area contributed by atoms with Crippen molar-refractivity contribution in [2.24, 2.45) is 5.92 Å². The van der Waals surface area contributed by atoms with E-state index in [0.717, 1.165) is 31.5 Å². The van der Waals surface area contributed by atoms with Gasteiger partial charge in [-0.15, -0.1) is 12.4 Å². The van der Waals surface area contributed by atoms with Gasteiger partial charge in [-0.3, -0.25) is 4.79 Å². The highest BCUT2D eigenvalue weighted by molar-refractivity contribution is 5.97. The number of carbonyl (C=O) groups excluding carboxylic acids is 1. The quantitative estimate of drug-likeness (QED) is 0.840. The van der Waals surface area contributed by atoms with Gasteiger partial charge in [0.2, 0.25) is 0 Å². The molecule has 0 amide bonds. The molecule has 19 heavy (non-hydrogen) atoms. The van der Waals surface area contributed by atoms with E-state index >= 15 is 0 Å². The van der Waals surface area contributed by atoms with Crippen molar-refractivity contribution in [2.45, 2.75) is 39.0 Å². The van der Waals surface area contributed by atoms with Crippen molar-refractivity contribution < 1.29 is 4.79 Å². The van der Waals surface area contributed by atoms with E-state index in [2.05, 4.69) is 38.2 Å². The molecular weight excluding hydrogens is 258 g/mol. The van der Waals surface area contributed by atoms with E-state index < -0.39 is 0 Å². The van der Waals surface area contributed by atoms with E-state index in [-0.39, 0.29) is 23.7 Å². The summed E-state index contributed by atoms with van der Waals surface area (Å²) in [6.07, 6.45) is 1.94. The van der Waals surface area contributed by atoms with E-state index in [1.165, 1.54) is 5.56 Å². The van der Waals surface area contributed by atoms with Crippen molar-refractivity contribution >= 4 is 18.2 Å². The molecule has 2 rings (SSSR count). The second kappa shape index (κ2) is 6.53. The van der Waals surface area contributed by atoms with Crippen molar-refractivity contribution in [1.29, 1.82) is 0 Å². The molecular formula is C16H24ClNO. The Hall–Kier alpha value is -0.860. The average Bonchev–Trinajstić information content (AvgIpc) is 2.38. The fourth-order valence-electron chi connectivity index (χ4n) is 2.45. The van der Waals surface area contributed by atoms with Gasteiger partial charge in [0, 0.05) is 11.5 Å².